The lowest BCUT2D eigenvalue weighted by Gasteiger charge is -2.36. The predicted molar refractivity (Wildman–Crippen MR) is 73.5 cm³/mol. The molecule has 0 saturated heterocycles. The molecule has 1 saturated carbocycles. The van der Waals surface area contributed by atoms with Gasteiger partial charge in [-0.2, -0.15) is 0 Å². The molecule has 3 unspecified atom stereocenters. The van der Waals surface area contributed by atoms with E-state index in [-0.39, 0.29) is 6.10 Å². The van der Waals surface area contributed by atoms with Crippen molar-refractivity contribution in [1.29, 1.82) is 0 Å². The Morgan fingerprint density at radius 3 is 2.89 bits per heavy atom. The van der Waals surface area contributed by atoms with Gasteiger partial charge in [0, 0.05) is 24.9 Å². The number of imidazole rings is 1. The minimum absolute atomic E-state index is 0.125. The van der Waals surface area contributed by atoms with Crippen LogP contribution in [0.4, 0.5) is 0 Å². The molecule has 1 fully saturated rings. The van der Waals surface area contributed by atoms with E-state index in [1.54, 1.807) is 0 Å². The van der Waals surface area contributed by atoms with Gasteiger partial charge in [0.1, 0.15) is 5.82 Å². The summed E-state index contributed by atoms with van der Waals surface area (Å²) in [4.78, 5) is 4.48. The molecule has 2 rings (SSSR count). The van der Waals surface area contributed by atoms with E-state index in [4.69, 9.17) is 0 Å². The highest BCUT2D eigenvalue weighted by molar-refractivity contribution is 4.98. The minimum Gasteiger partial charge on any atom is -0.393 e. The largest absolute Gasteiger partial charge is 0.393 e. The maximum Gasteiger partial charge on any atom is 0.108 e. The Kier molecular flexibility index (Phi) is 4.81. The van der Waals surface area contributed by atoms with Crippen molar-refractivity contribution in [3.05, 3.63) is 18.2 Å². The summed E-state index contributed by atoms with van der Waals surface area (Å²) in [5.74, 6) is 1.90. The molecule has 3 nitrogen and oxygen atoms in total. The molecule has 3 atom stereocenters. The Morgan fingerprint density at radius 2 is 2.17 bits per heavy atom. The SMILES string of the molecule is CCCc1nccn1C1CC(O)CCC1CCC. The zero-order valence-corrected chi connectivity index (χ0v) is 11.7. The molecule has 1 heterocycles. The molecule has 0 radical (unpaired) electrons. The van der Waals surface area contributed by atoms with Crippen molar-refractivity contribution in [3.63, 3.8) is 0 Å². The topological polar surface area (TPSA) is 38.0 Å². The van der Waals surface area contributed by atoms with Crippen LogP contribution in [0.3, 0.4) is 0 Å². The average Bonchev–Trinajstić information content (AvgIpc) is 2.80. The highest BCUT2D eigenvalue weighted by Gasteiger charge is 2.31. The molecule has 1 aliphatic rings. The molecule has 0 aromatic carbocycles. The van der Waals surface area contributed by atoms with Gasteiger partial charge >= 0.3 is 0 Å². The molecule has 0 bridgehead atoms. The summed E-state index contributed by atoms with van der Waals surface area (Å²) < 4.78 is 2.34. The zero-order chi connectivity index (χ0) is 13.0. The highest BCUT2D eigenvalue weighted by Crippen LogP contribution is 2.37. The lowest BCUT2D eigenvalue weighted by atomic mass is 9.80. The van der Waals surface area contributed by atoms with E-state index in [0.717, 1.165) is 32.1 Å². The van der Waals surface area contributed by atoms with Crippen LogP contribution in [0.15, 0.2) is 12.4 Å². The molecule has 0 aliphatic heterocycles. The first-order chi connectivity index (χ1) is 8.76. The Bertz CT molecular complexity index is 361. The summed E-state index contributed by atoms with van der Waals surface area (Å²) in [6, 6.07) is 0.456. The molecule has 0 amide bonds. The summed E-state index contributed by atoms with van der Waals surface area (Å²) in [6.07, 6.45) is 11.6. The number of aryl methyl sites for hydroxylation is 1. The number of rotatable bonds is 5. The van der Waals surface area contributed by atoms with Crippen LogP contribution in [0.25, 0.3) is 0 Å². The van der Waals surface area contributed by atoms with Gasteiger partial charge in [0.2, 0.25) is 0 Å². The smallest absolute Gasteiger partial charge is 0.108 e. The lowest BCUT2D eigenvalue weighted by Crippen LogP contribution is -2.30. The maximum absolute atomic E-state index is 9.95. The number of hydrogen-bond acceptors (Lipinski definition) is 2. The Morgan fingerprint density at radius 1 is 1.33 bits per heavy atom. The van der Waals surface area contributed by atoms with Crippen LogP contribution in [0.2, 0.25) is 0 Å². The summed E-state index contributed by atoms with van der Waals surface area (Å²) in [5, 5.41) is 9.95. The number of hydrogen-bond donors (Lipinski definition) is 1. The highest BCUT2D eigenvalue weighted by atomic mass is 16.3. The van der Waals surface area contributed by atoms with Crippen molar-refractivity contribution < 1.29 is 5.11 Å². The number of aromatic nitrogens is 2. The van der Waals surface area contributed by atoms with Crippen LogP contribution >= 0.6 is 0 Å². The fraction of sp³-hybridized carbons (Fsp3) is 0.800. The Balaban J connectivity index is 2.17. The summed E-state index contributed by atoms with van der Waals surface area (Å²) in [6.45, 7) is 4.45. The Hall–Kier alpha value is -0.830. The van der Waals surface area contributed by atoms with E-state index in [0.29, 0.717) is 12.0 Å². The molecular formula is C15H26N2O. The number of nitrogens with zero attached hydrogens (tertiary/aromatic N) is 2. The standard InChI is InChI=1S/C15H26N2O/c1-3-5-12-7-8-13(18)11-14(12)17-10-9-16-15(17)6-4-2/h9-10,12-14,18H,3-8,11H2,1-2H3. The van der Waals surface area contributed by atoms with Crippen molar-refractivity contribution in [1.82, 2.24) is 9.55 Å². The van der Waals surface area contributed by atoms with E-state index in [9.17, 15) is 5.11 Å². The van der Waals surface area contributed by atoms with E-state index >= 15 is 0 Å². The second-order valence-electron chi connectivity index (χ2n) is 5.58. The monoisotopic (exact) mass is 250 g/mol. The normalized spacial score (nSPS) is 28.5. The third-order valence-electron chi connectivity index (χ3n) is 4.17. The molecule has 1 aliphatic carbocycles. The number of aliphatic hydroxyl groups excluding tert-OH is 1. The van der Waals surface area contributed by atoms with E-state index in [1.165, 1.54) is 18.7 Å². The first kappa shape index (κ1) is 13.6. The molecular weight excluding hydrogens is 224 g/mol. The van der Waals surface area contributed by atoms with Crippen molar-refractivity contribution in [2.45, 2.75) is 70.9 Å². The summed E-state index contributed by atoms with van der Waals surface area (Å²) in [5.41, 5.74) is 0. The zero-order valence-electron chi connectivity index (χ0n) is 11.7. The first-order valence-electron chi connectivity index (χ1n) is 7.46. The van der Waals surface area contributed by atoms with Crippen LogP contribution in [-0.4, -0.2) is 20.8 Å². The van der Waals surface area contributed by atoms with Crippen LogP contribution in [0, 0.1) is 5.92 Å². The molecule has 0 spiro atoms. The molecule has 102 valence electrons. The van der Waals surface area contributed by atoms with Gasteiger partial charge in [-0.1, -0.05) is 20.3 Å². The number of aliphatic hydroxyl groups is 1. The third-order valence-corrected chi connectivity index (χ3v) is 4.17. The fourth-order valence-electron chi connectivity index (χ4n) is 3.30. The summed E-state index contributed by atoms with van der Waals surface area (Å²) >= 11 is 0. The minimum atomic E-state index is -0.125. The molecule has 3 heteroatoms. The van der Waals surface area contributed by atoms with Gasteiger partial charge in [0.15, 0.2) is 0 Å². The van der Waals surface area contributed by atoms with Crippen LogP contribution in [0.1, 0.15) is 64.2 Å². The second-order valence-corrected chi connectivity index (χ2v) is 5.58. The second kappa shape index (κ2) is 6.37. The van der Waals surface area contributed by atoms with Crippen molar-refractivity contribution in [3.8, 4) is 0 Å². The van der Waals surface area contributed by atoms with Crippen LogP contribution in [-0.2, 0) is 6.42 Å². The van der Waals surface area contributed by atoms with Crippen molar-refractivity contribution >= 4 is 0 Å². The van der Waals surface area contributed by atoms with Gasteiger partial charge in [0.05, 0.1) is 6.10 Å². The van der Waals surface area contributed by atoms with Gasteiger partial charge < -0.3 is 9.67 Å². The molecule has 1 N–H and O–H groups in total. The van der Waals surface area contributed by atoms with Crippen molar-refractivity contribution in [2.75, 3.05) is 0 Å². The van der Waals surface area contributed by atoms with Crippen LogP contribution < -0.4 is 0 Å². The quantitative estimate of drug-likeness (QED) is 0.870. The summed E-state index contributed by atoms with van der Waals surface area (Å²) in [7, 11) is 0. The maximum atomic E-state index is 9.95. The van der Waals surface area contributed by atoms with Crippen LogP contribution in [0.5, 0.6) is 0 Å². The van der Waals surface area contributed by atoms with E-state index in [2.05, 4.69) is 29.6 Å². The van der Waals surface area contributed by atoms with Gasteiger partial charge in [-0.3, -0.25) is 0 Å². The van der Waals surface area contributed by atoms with Gasteiger partial charge in [-0.25, -0.2) is 4.98 Å². The van der Waals surface area contributed by atoms with Gasteiger partial charge in [-0.05, 0) is 38.0 Å². The average molecular weight is 250 g/mol. The third kappa shape index (κ3) is 2.94. The van der Waals surface area contributed by atoms with Gasteiger partial charge in [0.25, 0.3) is 0 Å². The molecule has 18 heavy (non-hydrogen) atoms. The lowest BCUT2D eigenvalue weighted by molar-refractivity contribution is 0.0684. The first-order valence-corrected chi connectivity index (χ1v) is 7.46. The van der Waals surface area contributed by atoms with Crippen molar-refractivity contribution in [2.24, 2.45) is 5.92 Å². The van der Waals surface area contributed by atoms with E-state index < -0.39 is 0 Å². The Labute approximate surface area is 110 Å². The van der Waals surface area contributed by atoms with Gasteiger partial charge in [-0.15, -0.1) is 0 Å². The predicted octanol–water partition coefficient (Wildman–Crippen LogP) is 3.34. The molecule has 1 aromatic rings. The van der Waals surface area contributed by atoms with E-state index in [1.807, 2.05) is 6.20 Å². The fourth-order valence-corrected chi connectivity index (χ4v) is 3.30. The molecule has 1 aromatic heterocycles.